The van der Waals surface area contributed by atoms with E-state index >= 15 is 0 Å². The van der Waals surface area contributed by atoms with E-state index in [0.717, 1.165) is 11.3 Å². The summed E-state index contributed by atoms with van der Waals surface area (Å²) in [5.74, 6) is 0.579. The zero-order valence-corrected chi connectivity index (χ0v) is 9.54. The molecule has 1 atom stereocenters. The van der Waals surface area contributed by atoms with E-state index < -0.39 is 0 Å². The average molecular weight is 241 g/mol. The normalized spacial score (nSPS) is 16.8. The lowest BCUT2D eigenvalue weighted by Gasteiger charge is -2.10. The molecule has 1 aromatic heterocycles. The number of nitrogens with one attached hydrogen (secondary N) is 1. The van der Waals surface area contributed by atoms with E-state index in [9.17, 15) is 4.79 Å². The Labute approximate surface area is 104 Å². The van der Waals surface area contributed by atoms with Crippen molar-refractivity contribution in [3.63, 3.8) is 0 Å². The number of fused-ring (bicyclic) bond motifs is 1. The molecule has 1 aliphatic heterocycles. The van der Waals surface area contributed by atoms with Crippen LogP contribution < -0.4 is 10.1 Å². The van der Waals surface area contributed by atoms with Crippen LogP contribution >= 0.6 is 0 Å². The lowest BCUT2D eigenvalue weighted by atomic mass is 10.1. The summed E-state index contributed by atoms with van der Waals surface area (Å²) in [5.41, 5.74) is 1.30. The van der Waals surface area contributed by atoms with Crippen molar-refractivity contribution in [3.8, 4) is 5.75 Å². The number of para-hydroxylation sites is 1. The maximum atomic E-state index is 11.9. The molecule has 0 aliphatic carbocycles. The van der Waals surface area contributed by atoms with Gasteiger partial charge in [0.05, 0.1) is 12.2 Å². The molecule has 2 heterocycles. The number of aromatic nitrogens is 2. The Hall–Kier alpha value is -2.43. The van der Waals surface area contributed by atoms with E-state index in [1.807, 2.05) is 24.3 Å². The summed E-state index contributed by atoms with van der Waals surface area (Å²) in [4.78, 5) is 19.8. The third kappa shape index (κ3) is 1.90. The Morgan fingerprint density at radius 1 is 1.33 bits per heavy atom. The van der Waals surface area contributed by atoms with Crippen LogP contribution in [0.2, 0.25) is 0 Å². The average Bonchev–Trinajstić information content (AvgIpc) is 2.83. The second kappa shape index (κ2) is 4.44. The van der Waals surface area contributed by atoms with Crippen LogP contribution in [0.25, 0.3) is 0 Å². The van der Waals surface area contributed by atoms with Crippen molar-refractivity contribution in [1.82, 2.24) is 15.3 Å². The van der Waals surface area contributed by atoms with E-state index in [4.69, 9.17) is 4.74 Å². The summed E-state index contributed by atoms with van der Waals surface area (Å²) >= 11 is 0. The summed E-state index contributed by atoms with van der Waals surface area (Å²) in [6.45, 7) is 0.450. The number of hydrogen-bond acceptors (Lipinski definition) is 4. The first-order valence-corrected chi connectivity index (χ1v) is 5.63. The number of rotatable bonds is 2. The minimum Gasteiger partial charge on any atom is -0.491 e. The molecule has 2 aromatic rings. The highest BCUT2D eigenvalue weighted by molar-refractivity contribution is 5.92. The topological polar surface area (TPSA) is 64.1 Å². The monoisotopic (exact) mass is 241 g/mol. The summed E-state index contributed by atoms with van der Waals surface area (Å²) in [6, 6.07) is 7.55. The molecule has 1 N–H and O–H groups in total. The van der Waals surface area contributed by atoms with Gasteiger partial charge in [0.2, 0.25) is 0 Å². The molecular formula is C13H11N3O2. The van der Waals surface area contributed by atoms with Crippen molar-refractivity contribution in [2.45, 2.75) is 6.04 Å². The second-order valence-electron chi connectivity index (χ2n) is 3.97. The Bertz CT molecular complexity index is 571. The number of carbonyl (C=O) groups is 1. The lowest BCUT2D eigenvalue weighted by molar-refractivity contribution is 0.0925. The van der Waals surface area contributed by atoms with Crippen molar-refractivity contribution < 1.29 is 9.53 Å². The van der Waals surface area contributed by atoms with Crippen molar-refractivity contribution in [1.29, 1.82) is 0 Å². The van der Waals surface area contributed by atoms with E-state index in [-0.39, 0.29) is 11.9 Å². The number of nitrogens with zero attached hydrogens (tertiary/aromatic N) is 2. The van der Waals surface area contributed by atoms with Gasteiger partial charge >= 0.3 is 0 Å². The first kappa shape index (κ1) is 10.7. The quantitative estimate of drug-likeness (QED) is 0.861. The van der Waals surface area contributed by atoms with Crippen LogP contribution in [0.15, 0.2) is 42.9 Å². The van der Waals surface area contributed by atoms with Crippen LogP contribution in [0.1, 0.15) is 22.1 Å². The van der Waals surface area contributed by atoms with Gasteiger partial charge in [0.15, 0.2) is 0 Å². The number of ether oxygens (including phenoxy) is 1. The predicted octanol–water partition coefficient (Wildman–Crippen LogP) is 1.34. The maximum Gasteiger partial charge on any atom is 0.272 e. The molecule has 1 amide bonds. The highest BCUT2D eigenvalue weighted by Gasteiger charge is 2.25. The van der Waals surface area contributed by atoms with E-state index in [2.05, 4.69) is 15.3 Å². The summed E-state index contributed by atoms with van der Waals surface area (Å²) in [6.07, 6.45) is 4.47. The number of carbonyl (C=O) groups excluding carboxylic acids is 1. The van der Waals surface area contributed by atoms with Gasteiger partial charge < -0.3 is 10.1 Å². The van der Waals surface area contributed by atoms with Gasteiger partial charge in [0, 0.05) is 18.0 Å². The molecule has 0 fully saturated rings. The first-order valence-electron chi connectivity index (χ1n) is 5.63. The molecule has 0 saturated carbocycles. The van der Waals surface area contributed by atoms with Gasteiger partial charge in [-0.3, -0.25) is 9.78 Å². The SMILES string of the molecule is O=C(NC1COc2ccccc21)c1cnccn1. The van der Waals surface area contributed by atoms with Crippen LogP contribution in [0.3, 0.4) is 0 Å². The Balaban J connectivity index is 1.77. The highest BCUT2D eigenvalue weighted by Crippen LogP contribution is 2.31. The third-order valence-corrected chi connectivity index (χ3v) is 2.80. The predicted molar refractivity (Wildman–Crippen MR) is 64.2 cm³/mol. The van der Waals surface area contributed by atoms with Crippen LogP contribution in [0.5, 0.6) is 5.75 Å². The molecule has 5 heteroatoms. The number of hydrogen-bond donors (Lipinski definition) is 1. The van der Waals surface area contributed by atoms with E-state index in [1.54, 1.807) is 0 Å². The van der Waals surface area contributed by atoms with Crippen LogP contribution in [-0.4, -0.2) is 22.5 Å². The van der Waals surface area contributed by atoms with Crippen molar-refractivity contribution in [2.24, 2.45) is 0 Å². The Morgan fingerprint density at radius 2 is 2.22 bits per heavy atom. The zero-order chi connectivity index (χ0) is 12.4. The third-order valence-electron chi connectivity index (χ3n) is 2.80. The minimum atomic E-state index is -0.242. The molecule has 0 saturated heterocycles. The van der Waals surface area contributed by atoms with E-state index in [1.165, 1.54) is 18.6 Å². The van der Waals surface area contributed by atoms with Gasteiger partial charge in [-0.05, 0) is 6.07 Å². The van der Waals surface area contributed by atoms with Crippen LogP contribution in [0, 0.1) is 0 Å². The Kier molecular flexibility index (Phi) is 2.64. The minimum absolute atomic E-state index is 0.129. The molecule has 90 valence electrons. The highest BCUT2D eigenvalue weighted by atomic mass is 16.5. The van der Waals surface area contributed by atoms with Crippen molar-refractivity contribution >= 4 is 5.91 Å². The smallest absolute Gasteiger partial charge is 0.272 e. The fourth-order valence-corrected chi connectivity index (χ4v) is 1.93. The molecule has 3 rings (SSSR count). The van der Waals surface area contributed by atoms with Crippen LogP contribution in [0.4, 0.5) is 0 Å². The Morgan fingerprint density at radius 3 is 3.06 bits per heavy atom. The van der Waals surface area contributed by atoms with Crippen molar-refractivity contribution in [2.75, 3.05) is 6.61 Å². The molecule has 0 radical (unpaired) electrons. The molecule has 0 spiro atoms. The van der Waals surface area contributed by atoms with Crippen molar-refractivity contribution in [3.05, 3.63) is 54.1 Å². The number of benzene rings is 1. The lowest BCUT2D eigenvalue weighted by Crippen LogP contribution is -2.30. The molecule has 0 bridgehead atoms. The summed E-state index contributed by atoms with van der Waals surface area (Å²) in [7, 11) is 0. The molecule has 5 nitrogen and oxygen atoms in total. The van der Waals surface area contributed by atoms with Gasteiger partial charge in [-0.1, -0.05) is 18.2 Å². The standard InChI is InChI=1S/C13H11N3O2/c17-13(10-7-14-5-6-15-10)16-11-8-18-12-4-2-1-3-9(11)12/h1-7,11H,8H2,(H,16,17). The molecule has 1 aliphatic rings. The van der Waals surface area contributed by atoms with Crippen LogP contribution in [-0.2, 0) is 0 Å². The van der Waals surface area contributed by atoms with Gasteiger partial charge in [-0.2, -0.15) is 0 Å². The molecule has 1 aromatic carbocycles. The zero-order valence-electron chi connectivity index (χ0n) is 9.54. The van der Waals surface area contributed by atoms with Gasteiger partial charge in [0.1, 0.15) is 18.1 Å². The van der Waals surface area contributed by atoms with Gasteiger partial charge in [-0.15, -0.1) is 0 Å². The van der Waals surface area contributed by atoms with E-state index in [0.29, 0.717) is 12.3 Å². The fourth-order valence-electron chi connectivity index (χ4n) is 1.93. The fraction of sp³-hybridized carbons (Fsp3) is 0.154. The summed E-state index contributed by atoms with van der Waals surface area (Å²) < 4.78 is 5.50. The molecule has 18 heavy (non-hydrogen) atoms. The van der Waals surface area contributed by atoms with Gasteiger partial charge in [0.25, 0.3) is 5.91 Å². The second-order valence-corrected chi connectivity index (χ2v) is 3.97. The summed E-state index contributed by atoms with van der Waals surface area (Å²) in [5, 5.41) is 2.88. The first-order chi connectivity index (χ1) is 8.84. The largest absolute Gasteiger partial charge is 0.491 e. The number of amides is 1. The molecular weight excluding hydrogens is 230 g/mol. The molecule has 1 unspecified atom stereocenters. The maximum absolute atomic E-state index is 11.9. The van der Waals surface area contributed by atoms with Gasteiger partial charge in [-0.25, -0.2) is 4.98 Å².